The fraction of sp³-hybridized carbons (Fsp3) is 0.100. The number of hydrogen-bond donors (Lipinski definition) is 1. The lowest BCUT2D eigenvalue weighted by Gasteiger charge is -1.98. The lowest BCUT2D eigenvalue weighted by molar-refractivity contribution is -0.144. The van der Waals surface area contributed by atoms with Crippen LogP contribution in [0.25, 0.3) is 22.3 Å². The lowest BCUT2D eigenvalue weighted by atomic mass is 10.3. The van der Waals surface area contributed by atoms with Crippen LogP contribution in [-0.2, 0) is 6.18 Å². The first-order chi connectivity index (χ1) is 8.43. The monoisotopic (exact) mass is 272 g/mol. The normalized spacial score (nSPS) is 12.4. The van der Waals surface area contributed by atoms with Crippen LogP contribution in [0.1, 0.15) is 5.82 Å². The average molecular weight is 273 g/mol. The van der Waals surface area contributed by atoms with Gasteiger partial charge in [0.05, 0.1) is 11.0 Å². The summed E-state index contributed by atoms with van der Waals surface area (Å²) >= 11 is 5.77. The molecule has 0 saturated carbocycles. The predicted molar refractivity (Wildman–Crippen MR) is 59.2 cm³/mol. The van der Waals surface area contributed by atoms with Crippen LogP contribution in [0.4, 0.5) is 13.2 Å². The fourth-order valence-corrected chi connectivity index (χ4v) is 1.73. The molecule has 0 fully saturated rings. The molecule has 4 nitrogen and oxygen atoms in total. The molecule has 18 heavy (non-hydrogen) atoms. The van der Waals surface area contributed by atoms with Crippen LogP contribution in [0.3, 0.4) is 0 Å². The Kier molecular flexibility index (Phi) is 2.21. The van der Waals surface area contributed by atoms with Gasteiger partial charge in [-0.1, -0.05) is 11.6 Å². The van der Waals surface area contributed by atoms with Crippen molar-refractivity contribution >= 4 is 33.9 Å². The zero-order valence-corrected chi connectivity index (χ0v) is 9.34. The molecule has 0 amide bonds. The second-order valence-corrected chi connectivity index (χ2v) is 4.05. The van der Waals surface area contributed by atoms with Crippen molar-refractivity contribution < 1.29 is 13.2 Å². The van der Waals surface area contributed by atoms with Crippen LogP contribution in [0.15, 0.2) is 18.2 Å². The summed E-state index contributed by atoms with van der Waals surface area (Å²) in [5.41, 5.74) is 0.758. The van der Waals surface area contributed by atoms with Crippen molar-refractivity contribution in [1.82, 2.24) is 19.9 Å². The minimum atomic E-state index is -4.55. The van der Waals surface area contributed by atoms with Gasteiger partial charge in [0.1, 0.15) is 0 Å². The van der Waals surface area contributed by atoms with Crippen LogP contribution < -0.4 is 0 Å². The third-order valence-electron chi connectivity index (χ3n) is 2.33. The summed E-state index contributed by atoms with van der Waals surface area (Å²) in [6.45, 7) is 0. The van der Waals surface area contributed by atoms with Crippen LogP contribution in [0, 0.1) is 0 Å². The highest BCUT2D eigenvalue weighted by Gasteiger charge is 2.35. The summed E-state index contributed by atoms with van der Waals surface area (Å²) < 4.78 is 37.4. The number of nitrogens with one attached hydrogen (secondary N) is 1. The van der Waals surface area contributed by atoms with Gasteiger partial charge in [-0.05, 0) is 18.2 Å². The third kappa shape index (κ3) is 1.76. The first-order valence-electron chi connectivity index (χ1n) is 4.84. The SMILES string of the molecule is FC(F)(F)c1nc2nc3ccc(Cl)cc3nc2[nH]1. The first-order valence-corrected chi connectivity index (χ1v) is 5.21. The van der Waals surface area contributed by atoms with Crippen LogP contribution in [-0.4, -0.2) is 19.9 Å². The molecule has 0 unspecified atom stereocenters. The van der Waals surface area contributed by atoms with Gasteiger partial charge in [0, 0.05) is 5.02 Å². The fourth-order valence-electron chi connectivity index (χ4n) is 1.56. The summed E-state index contributed by atoms with van der Waals surface area (Å²) in [6.07, 6.45) is -4.55. The quantitative estimate of drug-likeness (QED) is 0.684. The number of fused-ring (bicyclic) bond motifs is 2. The molecule has 0 radical (unpaired) electrons. The highest BCUT2D eigenvalue weighted by atomic mass is 35.5. The summed E-state index contributed by atoms with van der Waals surface area (Å²) in [5.74, 6) is -1.11. The van der Waals surface area contributed by atoms with E-state index >= 15 is 0 Å². The number of H-pyrrole nitrogens is 1. The zero-order chi connectivity index (χ0) is 12.9. The minimum absolute atomic E-state index is 0.0166. The van der Waals surface area contributed by atoms with E-state index in [4.69, 9.17) is 11.6 Å². The maximum Gasteiger partial charge on any atom is 0.449 e. The van der Waals surface area contributed by atoms with Crippen molar-refractivity contribution in [3.63, 3.8) is 0 Å². The molecule has 0 spiro atoms. The Bertz CT molecular complexity index is 750. The number of nitrogens with zero attached hydrogens (tertiary/aromatic N) is 3. The van der Waals surface area contributed by atoms with E-state index in [9.17, 15) is 13.2 Å². The number of aromatic amines is 1. The van der Waals surface area contributed by atoms with Gasteiger partial charge in [0.2, 0.25) is 5.82 Å². The van der Waals surface area contributed by atoms with E-state index in [1.54, 1.807) is 12.1 Å². The minimum Gasteiger partial charge on any atom is -0.318 e. The highest BCUT2D eigenvalue weighted by Crippen LogP contribution is 2.28. The Labute approximate surface area is 103 Å². The molecular weight excluding hydrogens is 269 g/mol. The largest absolute Gasteiger partial charge is 0.449 e. The van der Waals surface area contributed by atoms with E-state index in [2.05, 4.69) is 19.9 Å². The second kappa shape index (κ2) is 3.55. The van der Waals surface area contributed by atoms with Gasteiger partial charge in [-0.3, -0.25) is 0 Å². The molecule has 0 atom stereocenters. The Hall–Kier alpha value is -1.89. The van der Waals surface area contributed by atoms with E-state index in [0.717, 1.165) is 0 Å². The van der Waals surface area contributed by atoms with Crippen molar-refractivity contribution in [3.8, 4) is 0 Å². The van der Waals surface area contributed by atoms with Gasteiger partial charge < -0.3 is 4.98 Å². The van der Waals surface area contributed by atoms with E-state index in [-0.39, 0.29) is 11.3 Å². The molecule has 0 saturated heterocycles. The van der Waals surface area contributed by atoms with E-state index in [1.807, 2.05) is 0 Å². The molecule has 0 bridgehead atoms. The van der Waals surface area contributed by atoms with E-state index < -0.39 is 12.0 Å². The van der Waals surface area contributed by atoms with Gasteiger partial charge in [-0.15, -0.1) is 0 Å². The van der Waals surface area contributed by atoms with Crippen molar-refractivity contribution in [2.45, 2.75) is 6.18 Å². The molecule has 3 rings (SSSR count). The maximum atomic E-state index is 12.5. The number of benzene rings is 1. The Morgan fingerprint density at radius 1 is 1.06 bits per heavy atom. The Morgan fingerprint density at radius 3 is 2.56 bits per heavy atom. The third-order valence-corrected chi connectivity index (χ3v) is 2.57. The molecular formula is C10H4ClF3N4. The maximum absolute atomic E-state index is 12.5. The van der Waals surface area contributed by atoms with Crippen LogP contribution in [0.5, 0.6) is 0 Å². The van der Waals surface area contributed by atoms with Crippen molar-refractivity contribution in [2.75, 3.05) is 0 Å². The molecule has 1 N–H and O–H groups in total. The molecule has 0 aliphatic heterocycles. The first kappa shape index (κ1) is 11.2. The molecule has 8 heteroatoms. The van der Waals surface area contributed by atoms with Crippen LogP contribution >= 0.6 is 11.6 Å². The molecule has 1 aromatic carbocycles. The predicted octanol–water partition coefficient (Wildman–Crippen LogP) is 3.18. The summed E-state index contributed by atoms with van der Waals surface area (Å²) in [4.78, 5) is 13.5. The molecule has 2 heterocycles. The van der Waals surface area contributed by atoms with Gasteiger partial charge in [-0.25, -0.2) is 15.0 Å². The van der Waals surface area contributed by atoms with Crippen molar-refractivity contribution in [1.29, 1.82) is 0 Å². The number of alkyl halides is 3. The average Bonchev–Trinajstić information content (AvgIpc) is 2.68. The number of rotatable bonds is 0. The van der Waals surface area contributed by atoms with E-state index in [1.165, 1.54) is 6.07 Å². The molecule has 3 aromatic rings. The number of hydrogen-bond acceptors (Lipinski definition) is 3. The number of aromatic nitrogens is 4. The smallest absolute Gasteiger partial charge is 0.318 e. The van der Waals surface area contributed by atoms with Crippen molar-refractivity contribution in [2.24, 2.45) is 0 Å². The highest BCUT2D eigenvalue weighted by molar-refractivity contribution is 6.31. The van der Waals surface area contributed by atoms with Crippen LogP contribution in [0.2, 0.25) is 5.02 Å². The summed E-state index contributed by atoms with van der Waals surface area (Å²) in [6, 6.07) is 4.69. The molecule has 0 aliphatic carbocycles. The Balaban J connectivity index is 2.31. The van der Waals surface area contributed by atoms with Crippen molar-refractivity contribution in [3.05, 3.63) is 29.0 Å². The Morgan fingerprint density at radius 2 is 1.83 bits per heavy atom. The number of halogens is 4. The zero-order valence-electron chi connectivity index (χ0n) is 8.59. The molecule has 2 aromatic heterocycles. The second-order valence-electron chi connectivity index (χ2n) is 3.61. The summed E-state index contributed by atoms with van der Waals surface area (Å²) in [7, 11) is 0. The molecule has 0 aliphatic rings. The van der Waals surface area contributed by atoms with E-state index in [0.29, 0.717) is 16.1 Å². The topological polar surface area (TPSA) is 54.5 Å². The number of imidazole rings is 1. The standard InChI is InChI=1S/C10H4ClF3N4/c11-4-1-2-5-6(3-4)16-8-7(15-5)17-9(18-8)10(12,13)14/h1-3H,(H,15,16,17,18). The van der Waals surface area contributed by atoms with Gasteiger partial charge >= 0.3 is 6.18 Å². The van der Waals surface area contributed by atoms with Gasteiger partial charge in [-0.2, -0.15) is 13.2 Å². The lowest BCUT2D eigenvalue weighted by Crippen LogP contribution is -2.06. The van der Waals surface area contributed by atoms with Gasteiger partial charge in [0.15, 0.2) is 11.3 Å². The summed E-state index contributed by atoms with van der Waals surface area (Å²) in [5, 5.41) is 0.437. The van der Waals surface area contributed by atoms with Gasteiger partial charge in [0.25, 0.3) is 0 Å². The molecule has 92 valence electrons.